The lowest BCUT2D eigenvalue weighted by Gasteiger charge is -2.12. The second kappa shape index (κ2) is 9.33. The van der Waals surface area contributed by atoms with E-state index in [1.807, 2.05) is 12.1 Å². The minimum absolute atomic E-state index is 0.140. The zero-order valence-electron chi connectivity index (χ0n) is 16.1. The van der Waals surface area contributed by atoms with Gasteiger partial charge in [0.2, 0.25) is 5.91 Å². The largest absolute Gasteiger partial charge is 0.497 e. The SMILES string of the molecule is COc1ccc(NC(=O)CC(=O)c2cccc(-c3cccnc3)c2)c(NC(=O)O)c1. The number of nitrogens with one attached hydrogen (secondary N) is 2. The number of ether oxygens (including phenoxy) is 1. The van der Waals surface area contributed by atoms with Gasteiger partial charge in [-0.3, -0.25) is 19.9 Å². The highest BCUT2D eigenvalue weighted by molar-refractivity contribution is 6.12. The predicted octanol–water partition coefficient (Wildman–Crippen LogP) is 4.06. The zero-order valence-corrected chi connectivity index (χ0v) is 16.1. The normalized spacial score (nSPS) is 10.2. The lowest BCUT2D eigenvalue weighted by Crippen LogP contribution is -2.18. The molecule has 0 bridgehead atoms. The molecular formula is C22H19N3O5. The Labute approximate surface area is 172 Å². The van der Waals surface area contributed by atoms with E-state index in [-0.39, 0.29) is 17.2 Å². The van der Waals surface area contributed by atoms with Gasteiger partial charge < -0.3 is 15.2 Å². The first-order chi connectivity index (χ1) is 14.5. The monoisotopic (exact) mass is 405 g/mol. The quantitative estimate of drug-likeness (QED) is 0.403. The Morgan fingerprint density at radius 3 is 2.47 bits per heavy atom. The van der Waals surface area contributed by atoms with Crippen molar-refractivity contribution in [2.75, 3.05) is 17.7 Å². The van der Waals surface area contributed by atoms with Crippen LogP contribution in [-0.4, -0.2) is 35.0 Å². The minimum atomic E-state index is -1.29. The third kappa shape index (κ3) is 5.20. The molecule has 152 valence electrons. The molecule has 0 radical (unpaired) electrons. The van der Waals surface area contributed by atoms with Gasteiger partial charge in [-0.25, -0.2) is 4.79 Å². The number of ketones is 1. The summed E-state index contributed by atoms with van der Waals surface area (Å²) < 4.78 is 5.06. The Morgan fingerprint density at radius 1 is 0.967 bits per heavy atom. The summed E-state index contributed by atoms with van der Waals surface area (Å²) in [7, 11) is 1.44. The van der Waals surface area contributed by atoms with E-state index in [1.165, 1.54) is 19.2 Å². The summed E-state index contributed by atoms with van der Waals surface area (Å²) in [4.78, 5) is 40.0. The molecule has 0 saturated heterocycles. The highest BCUT2D eigenvalue weighted by Gasteiger charge is 2.15. The van der Waals surface area contributed by atoms with Gasteiger partial charge in [0.15, 0.2) is 5.78 Å². The van der Waals surface area contributed by atoms with E-state index in [2.05, 4.69) is 15.6 Å². The topological polar surface area (TPSA) is 118 Å². The maximum atomic E-state index is 12.6. The number of carbonyl (C=O) groups excluding carboxylic acids is 2. The molecule has 1 aromatic heterocycles. The van der Waals surface area contributed by atoms with Crippen LogP contribution in [0.4, 0.5) is 16.2 Å². The van der Waals surface area contributed by atoms with Crippen LogP contribution >= 0.6 is 0 Å². The molecule has 3 rings (SSSR count). The summed E-state index contributed by atoms with van der Waals surface area (Å²) in [6.45, 7) is 0. The summed E-state index contributed by atoms with van der Waals surface area (Å²) >= 11 is 0. The molecule has 0 aliphatic rings. The fraction of sp³-hybridized carbons (Fsp3) is 0.0909. The molecule has 0 spiro atoms. The van der Waals surface area contributed by atoms with Crippen LogP contribution in [0.25, 0.3) is 11.1 Å². The van der Waals surface area contributed by atoms with Crippen molar-refractivity contribution in [1.82, 2.24) is 4.98 Å². The van der Waals surface area contributed by atoms with Gasteiger partial charge in [-0.05, 0) is 29.8 Å². The summed E-state index contributed by atoms with van der Waals surface area (Å²) in [5.41, 5.74) is 2.43. The van der Waals surface area contributed by atoms with Crippen LogP contribution in [0.2, 0.25) is 0 Å². The summed E-state index contributed by atoms with van der Waals surface area (Å²) in [5.74, 6) is -0.509. The van der Waals surface area contributed by atoms with Crippen molar-refractivity contribution in [3.63, 3.8) is 0 Å². The van der Waals surface area contributed by atoms with Gasteiger partial charge >= 0.3 is 6.09 Å². The molecule has 3 N–H and O–H groups in total. The molecule has 0 saturated carbocycles. The smallest absolute Gasteiger partial charge is 0.409 e. The third-order valence-electron chi connectivity index (χ3n) is 4.24. The maximum Gasteiger partial charge on any atom is 0.409 e. The van der Waals surface area contributed by atoms with Crippen molar-refractivity contribution in [3.05, 3.63) is 72.6 Å². The van der Waals surface area contributed by atoms with Gasteiger partial charge in [0.25, 0.3) is 0 Å². The summed E-state index contributed by atoms with van der Waals surface area (Å²) in [6.07, 6.45) is 1.67. The van der Waals surface area contributed by atoms with E-state index < -0.39 is 18.4 Å². The van der Waals surface area contributed by atoms with Crippen molar-refractivity contribution in [3.8, 4) is 16.9 Å². The number of nitrogens with zero attached hydrogens (tertiary/aromatic N) is 1. The molecule has 3 aromatic rings. The summed E-state index contributed by atoms with van der Waals surface area (Å²) in [5, 5.41) is 13.7. The van der Waals surface area contributed by atoms with Crippen LogP contribution in [0.3, 0.4) is 0 Å². The van der Waals surface area contributed by atoms with Crippen LogP contribution in [0.15, 0.2) is 67.0 Å². The number of rotatable bonds is 7. The Hall–Kier alpha value is -4.20. The number of pyridine rings is 1. The van der Waals surface area contributed by atoms with Gasteiger partial charge in [-0.15, -0.1) is 0 Å². The fourth-order valence-electron chi connectivity index (χ4n) is 2.83. The van der Waals surface area contributed by atoms with Gasteiger partial charge in [-0.2, -0.15) is 0 Å². The van der Waals surface area contributed by atoms with Crippen molar-refractivity contribution in [2.45, 2.75) is 6.42 Å². The first-order valence-electron chi connectivity index (χ1n) is 8.98. The molecule has 0 aliphatic carbocycles. The van der Waals surface area contributed by atoms with Crippen LogP contribution in [-0.2, 0) is 4.79 Å². The minimum Gasteiger partial charge on any atom is -0.497 e. The molecule has 0 unspecified atom stereocenters. The predicted molar refractivity (Wildman–Crippen MR) is 112 cm³/mol. The highest BCUT2D eigenvalue weighted by Crippen LogP contribution is 2.27. The molecule has 2 amide bonds. The van der Waals surface area contributed by atoms with E-state index in [4.69, 9.17) is 9.84 Å². The maximum absolute atomic E-state index is 12.6. The number of hydrogen-bond donors (Lipinski definition) is 3. The molecule has 0 atom stereocenters. The number of hydrogen-bond acceptors (Lipinski definition) is 5. The lowest BCUT2D eigenvalue weighted by molar-refractivity contribution is -0.115. The van der Waals surface area contributed by atoms with Crippen molar-refractivity contribution in [2.24, 2.45) is 0 Å². The second-order valence-corrected chi connectivity index (χ2v) is 6.31. The molecule has 0 fully saturated rings. The van der Waals surface area contributed by atoms with E-state index >= 15 is 0 Å². The van der Waals surface area contributed by atoms with E-state index in [9.17, 15) is 14.4 Å². The lowest BCUT2D eigenvalue weighted by atomic mass is 10.0. The van der Waals surface area contributed by atoms with Gasteiger partial charge in [0, 0.05) is 29.6 Å². The zero-order chi connectivity index (χ0) is 21.5. The highest BCUT2D eigenvalue weighted by atomic mass is 16.5. The van der Waals surface area contributed by atoms with Crippen molar-refractivity contribution in [1.29, 1.82) is 0 Å². The van der Waals surface area contributed by atoms with Crippen molar-refractivity contribution < 1.29 is 24.2 Å². The third-order valence-corrected chi connectivity index (χ3v) is 4.24. The Morgan fingerprint density at radius 2 is 1.77 bits per heavy atom. The van der Waals surface area contributed by atoms with E-state index in [0.29, 0.717) is 11.3 Å². The van der Waals surface area contributed by atoms with E-state index in [1.54, 1.807) is 42.7 Å². The average Bonchev–Trinajstić information content (AvgIpc) is 2.75. The Bertz CT molecular complexity index is 1080. The number of aromatic nitrogens is 1. The molecule has 30 heavy (non-hydrogen) atoms. The number of Topliss-reactive ketones (excluding diaryl/α,β-unsaturated/α-hetero) is 1. The van der Waals surface area contributed by atoms with Crippen LogP contribution < -0.4 is 15.4 Å². The number of amides is 2. The summed E-state index contributed by atoms with van der Waals surface area (Å²) in [6, 6.07) is 15.1. The molecule has 2 aromatic carbocycles. The van der Waals surface area contributed by atoms with Crippen molar-refractivity contribution >= 4 is 29.2 Å². The Balaban J connectivity index is 1.73. The van der Waals surface area contributed by atoms with Crippen LogP contribution in [0.5, 0.6) is 5.75 Å². The van der Waals surface area contributed by atoms with Gasteiger partial charge in [0.05, 0.1) is 24.9 Å². The number of carbonyl (C=O) groups is 3. The standard InChI is InChI=1S/C22H19N3O5/c1-30-17-7-8-18(19(11-17)25-22(28)29)24-21(27)12-20(26)15-5-2-4-14(10-15)16-6-3-9-23-13-16/h2-11,13,25H,12H2,1H3,(H,24,27)(H,28,29). The fourth-order valence-corrected chi connectivity index (χ4v) is 2.83. The number of methoxy groups -OCH3 is 1. The molecular weight excluding hydrogens is 386 g/mol. The number of benzene rings is 2. The second-order valence-electron chi connectivity index (χ2n) is 6.31. The van der Waals surface area contributed by atoms with Gasteiger partial charge in [0.1, 0.15) is 5.75 Å². The van der Waals surface area contributed by atoms with Crippen LogP contribution in [0.1, 0.15) is 16.8 Å². The molecule has 8 heteroatoms. The average molecular weight is 405 g/mol. The first kappa shape index (κ1) is 20.5. The molecule has 8 nitrogen and oxygen atoms in total. The Kier molecular flexibility index (Phi) is 6.39. The van der Waals surface area contributed by atoms with Gasteiger partial charge in [-0.1, -0.05) is 24.3 Å². The van der Waals surface area contributed by atoms with Crippen LogP contribution in [0, 0.1) is 0 Å². The van der Waals surface area contributed by atoms with E-state index in [0.717, 1.165) is 11.1 Å². The first-order valence-corrected chi connectivity index (χ1v) is 8.98. The molecule has 1 heterocycles. The number of carboxylic acid groups (broad SMARTS) is 1. The molecule has 0 aliphatic heterocycles. The number of anilines is 2.